The number of para-hydroxylation sites is 1. The lowest BCUT2D eigenvalue weighted by Gasteiger charge is -2.42. The number of benzene rings is 2. The molecule has 0 aromatic heterocycles. The molecule has 2 aromatic carbocycles. The van der Waals surface area contributed by atoms with Crippen LogP contribution in [-0.2, 0) is 22.6 Å². The molecule has 0 radical (unpaired) electrons. The van der Waals surface area contributed by atoms with Crippen molar-refractivity contribution in [1.82, 2.24) is 15.1 Å². The standard InChI is InChI=1S/C36H49ClN4O4/c37-30-13-7-8-14-34(30)45-36(44)40-21-22-41(32(25-40)33(42)20-19-26-15-17-28(24-38)18-16-26)35(43)31(23-27-9-3-1-4-10-27)39-29-11-5-2-6-12-29/h7-8,13-18,27,29,31-32,39H,1-6,9-12,19-25,38H2/t31-,32+/m1/s1. The number of aryl methyl sites for hydroxylation is 1. The van der Waals surface area contributed by atoms with Crippen molar-refractivity contribution in [3.63, 3.8) is 0 Å². The maximum absolute atomic E-state index is 14.5. The summed E-state index contributed by atoms with van der Waals surface area (Å²) in [4.78, 5) is 45.0. The van der Waals surface area contributed by atoms with E-state index < -0.39 is 12.1 Å². The van der Waals surface area contributed by atoms with Crippen LogP contribution in [0.5, 0.6) is 5.75 Å². The lowest BCUT2D eigenvalue weighted by atomic mass is 9.83. The number of Topliss-reactive ketones (excluding diaryl/α,β-unsaturated/α-hetero) is 1. The third-order valence-corrected chi connectivity index (χ3v) is 10.2. The summed E-state index contributed by atoms with van der Waals surface area (Å²) in [5.74, 6) is 0.739. The fourth-order valence-corrected chi connectivity index (χ4v) is 7.37. The van der Waals surface area contributed by atoms with E-state index in [1.165, 1.54) is 43.4 Å². The van der Waals surface area contributed by atoms with Crippen LogP contribution in [0.15, 0.2) is 48.5 Å². The summed E-state index contributed by atoms with van der Waals surface area (Å²) >= 11 is 6.25. The van der Waals surface area contributed by atoms with Gasteiger partial charge in [0.25, 0.3) is 0 Å². The lowest BCUT2D eigenvalue weighted by Crippen LogP contribution is -2.63. The molecule has 2 atom stereocenters. The Morgan fingerprint density at radius 2 is 1.56 bits per heavy atom. The fraction of sp³-hybridized carbons (Fsp3) is 0.583. The molecule has 0 unspecified atom stereocenters. The minimum Gasteiger partial charge on any atom is -0.409 e. The summed E-state index contributed by atoms with van der Waals surface area (Å²) in [5, 5.41) is 4.11. The molecule has 1 aliphatic heterocycles. The average molecular weight is 637 g/mol. The molecule has 45 heavy (non-hydrogen) atoms. The zero-order valence-electron chi connectivity index (χ0n) is 26.4. The Balaban J connectivity index is 1.33. The second-order valence-corrected chi connectivity index (χ2v) is 13.5. The van der Waals surface area contributed by atoms with Gasteiger partial charge in [-0.2, -0.15) is 0 Å². The predicted molar refractivity (Wildman–Crippen MR) is 177 cm³/mol. The van der Waals surface area contributed by atoms with Gasteiger partial charge in [0.2, 0.25) is 5.91 Å². The molecular weight excluding hydrogens is 588 g/mol. The van der Waals surface area contributed by atoms with Gasteiger partial charge in [-0.25, -0.2) is 4.79 Å². The molecule has 0 spiro atoms. The summed E-state index contributed by atoms with van der Waals surface area (Å²) < 4.78 is 5.63. The third kappa shape index (κ3) is 9.30. The minimum absolute atomic E-state index is 0.00378. The predicted octanol–water partition coefficient (Wildman–Crippen LogP) is 6.27. The highest BCUT2D eigenvalue weighted by Crippen LogP contribution is 2.30. The molecule has 1 heterocycles. The van der Waals surface area contributed by atoms with Crippen LogP contribution in [-0.4, -0.2) is 65.3 Å². The summed E-state index contributed by atoms with van der Waals surface area (Å²) in [6.07, 6.45) is 12.9. The lowest BCUT2D eigenvalue weighted by molar-refractivity contribution is -0.145. The number of amides is 2. The van der Waals surface area contributed by atoms with E-state index in [9.17, 15) is 14.4 Å². The van der Waals surface area contributed by atoms with Gasteiger partial charge in [0.1, 0.15) is 6.04 Å². The normalized spacial score (nSPS) is 20.5. The number of nitrogens with zero attached hydrogens (tertiary/aromatic N) is 2. The topological polar surface area (TPSA) is 105 Å². The van der Waals surface area contributed by atoms with Gasteiger partial charge in [-0.1, -0.05) is 99.4 Å². The van der Waals surface area contributed by atoms with Crippen LogP contribution in [0.4, 0.5) is 4.79 Å². The molecule has 1 saturated heterocycles. The molecular formula is C36H49ClN4O4. The quantitative estimate of drug-likeness (QED) is 0.301. The first kappa shape index (κ1) is 33.4. The van der Waals surface area contributed by atoms with Crippen molar-refractivity contribution >= 4 is 29.4 Å². The molecule has 5 rings (SSSR count). The van der Waals surface area contributed by atoms with Crippen LogP contribution in [0.3, 0.4) is 0 Å². The van der Waals surface area contributed by atoms with Crippen LogP contribution in [0.25, 0.3) is 0 Å². The molecule has 8 nitrogen and oxygen atoms in total. The van der Waals surface area contributed by atoms with Crippen molar-refractivity contribution in [3.05, 3.63) is 64.7 Å². The van der Waals surface area contributed by atoms with Crippen LogP contribution >= 0.6 is 11.6 Å². The molecule has 9 heteroatoms. The number of ketones is 1. The number of hydrogen-bond acceptors (Lipinski definition) is 6. The van der Waals surface area contributed by atoms with Gasteiger partial charge in [0.05, 0.1) is 17.6 Å². The van der Waals surface area contributed by atoms with Gasteiger partial charge in [0.15, 0.2) is 11.5 Å². The van der Waals surface area contributed by atoms with Crippen molar-refractivity contribution in [1.29, 1.82) is 0 Å². The number of rotatable bonds is 11. The van der Waals surface area contributed by atoms with Crippen LogP contribution < -0.4 is 15.8 Å². The smallest absolute Gasteiger partial charge is 0.409 e. The Hall–Kier alpha value is -2.94. The maximum atomic E-state index is 14.5. The van der Waals surface area contributed by atoms with Crippen molar-refractivity contribution in [2.45, 2.75) is 108 Å². The Bertz CT molecular complexity index is 1260. The Labute approximate surface area is 273 Å². The maximum Gasteiger partial charge on any atom is 0.415 e. The highest BCUT2D eigenvalue weighted by molar-refractivity contribution is 6.32. The molecule has 3 N–H and O–H groups in total. The fourth-order valence-electron chi connectivity index (χ4n) is 7.20. The number of halogens is 1. The number of hydrogen-bond donors (Lipinski definition) is 2. The molecule has 2 aliphatic carbocycles. The number of nitrogens with one attached hydrogen (secondary N) is 1. The highest BCUT2D eigenvalue weighted by Gasteiger charge is 2.40. The number of carbonyl (C=O) groups excluding carboxylic acids is 3. The van der Waals surface area contributed by atoms with Gasteiger partial charge in [0, 0.05) is 32.1 Å². The van der Waals surface area contributed by atoms with E-state index in [1.54, 1.807) is 29.2 Å². The SMILES string of the molecule is NCc1ccc(CCC(=O)[C@@H]2CN(C(=O)Oc3ccccc3Cl)CCN2C(=O)[C@@H](CC2CCCCC2)NC2CCCCC2)cc1. The molecule has 244 valence electrons. The van der Waals surface area contributed by atoms with Crippen LogP contribution in [0, 0.1) is 5.92 Å². The zero-order valence-corrected chi connectivity index (χ0v) is 27.2. The summed E-state index contributed by atoms with van der Waals surface area (Å²) in [5.41, 5.74) is 7.83. The van der Waals surface area contributed by atoms with E-state index in [4.69, 9.17) is 22.1 Å². The number of carbonyl (C=O) groups is 3. The van der Waals surface area contributed by atoms with Gasteiger partial charge in [-0.15, -0.1) is 0 Å². The van der Waals surface area contributed by atoms with E-state index >= 15 is 0 Å². The number of ether oxygens (including phenoxy) is 1. The minimum atomic E-state index is -0.740. The molecule has 2 aromatic rings. The first-order chi connectivity index (χ1) is 21.9. The largest absolute Gasteiger partial charge is 0.415 e. The molecule has 3 aliphatic rings. The molecule has 2 saturated carbocycles. The van der Waals surface area contributed by atoms with Gasteiger partial charge in [-0.3, -0.25) is 9.59 Å². The van der Waals surface area contributed by atoms with E-state index in [-0.39, 0.29) is 43.0 Å². The van der Waals surface area contributed by atoms with E-state index in [0.29, 0.717) is 36.5 Å². The van der Waals surface area contributed by atoms with Gasteiger partial charge < -0.3 is 25.6 Å². The van der Waals surface area contributed by atoms with Crippen molar-refractivity contribution < 1.29 is 19.1 Å². The average Bonchev–Trinajstić information content (AvgIpc) is 3.08. The Morgan fingerprint density at radius 3 is 2.24 bits per heavy atom. The zero-order chi connectivity index (χ0) is 31.6. The Morgan fingerprint density at radius 1 is 0.889 bits per heavy atom. The second-order valence-electron chi connectivity index (χ2n) is 13.1. The monoisotopic (exact) mass is 636 g/mol. The van der Waals surface area contributed by atoms with E-state index in [0.717, 1.165) is 43.2 Å². The van der Waals surface area contributed by atoms with Crippen molar-refractivity contribution in [2.75, 3.05) is 19.6 Å². The second kappa shape index (κ2) is 16.6. The van der Waals surface area contributed by atoms with Crippen molar-refractivity contribution in [2.24, 2.45) is 11.7 Å². The van der Waals surface area contributed by atoms with Crippen LogP contribution in [0.2, 0.25) is 5.02 Å². The highest BCUT2D eigenvalue weighted by atomic mass is 35.5. The molecule has 3 fully saturated rings. The van der Waals surface area contributed by atoms with Gasteiger partial charge in [-0.05, 0) is 54.9 Å². The summed E-state index contributed by atoms with van der Waals surface area (Å²) in [7, 11) is 0. The van der Waals surface area contributed by atoms with E-state index in [1.807, 2.05) is 24.3 Å². The number of piperazine rings is 1. The van der Waals surface area contributed by atoms with Crippen molar-refractivity contribution in [3.8, 4) is 5.75 Å². The first-order valence-corrected chi connectivity index (χ1v) is 17.4. The first-order valence-electron chi connectivity index (χ1n) is 17.0. The Kier molecular flexibility index (Phi) is 12.3. The summed E-state index contributed by atoms with van der Waals surface area (Å²) in [6, 6.07) is 14.1. The summed E-state index contributed by atoms with van der Waals surface area (Å²) in [6.45, 7) is 1.14. The number of nitrogens with two attached hydrogens (primary N) is 1. The van der Waals surface area contributed by atoms with Gasteiger partial charge >= 0.3 is 6.09 Å². The molecule has 2 amide bonds. The van der Waals surface area contributed by atoms with E-state index in [2.05, 4.69) is 5.32 Å². The van der Waals surface area contributed by atoms with Crippen LogP contribution in [0.1, 0.15) is 88.2 Å². The third-order valence-electron chi connectivity index (χ3n) is 9.88. The molecule has 0 bridgehead atoms.